The van der Waals surface area contributed by atoms with E-state index in [1.165, 1.54) is 17.1 Å². The molecule has 0 saturated carbocycles. The van der Waals surface area contributed by atoms with E-state index in [9.17, 15) is 19.2 Å². The summed E-state index contributed by atoms with van der Waals surface area (Å²) in [5, 5.41) is 14.6. The Kier molecular flexibility index (Phi) is 4.60. The lowest BCUT2D eigenvalue weighted by atomic mass is 9.79. The zero-order valence-corrected chi connectivity index (χ0v) is 12.3. The summed E-state index contributed by atoms with van der Waals surface area (Å²) < 4.78 is 0. The zero-order valence-electron chi connectivity index (χ0n) is 12.3. The minimum atomic E-state index is -1.79. The molecule has 2 atom stereocenters. The molecule has 0 bridgehead atoms. The van der Waals surface area contributed by atoms with Gasteiger partial charge in [0.2, 0.25) is 11.6 Å². The Morgan fingerprint density at radius 2 is 2.05 bits per heavy atom. The number of carbonyl (C=O) groups excluding carboxylic acids is 3. The molecule has 0 radical (unpaired) electrons. The van der Waals surface area contributed by atoms with E-state index in [-0.39, 0.29) is 0 Å². The van der Waals surface area contributed by atoms with Crippen LogP contribution >= 0.6 is 0 Å². The van der Waals surface area contributed by atoms with Crippen molar-refractivity contribution in [2.24, 2.45) is 5.92 Å². The van der Waals surface area contributed by atoms with Gasteiger partial charge in [-0.1, -0.05) is 19.1 Å². The normalized spacial score (nSPS) is 28.6. The Balaban J connectivity index is 2.24. The Hall–Kier alpha value is -2.22. The summed E-state index contributed by atoms with van der Waals surface area (Å²) in [5.41, 5.74) is -1.79. The molecule has 2 aliphatic rings. The molecule has 0 aromatic heterocycles. The first kappa shape index (κ1) is 16.2. The molecule has 0 aromatic carbocycles. The molecule has 1 aliphatic heterocycles. The second kappa shape index (κ2) is 6.27. The maximum Gasteiger partial charge on any atom is 0.318 e. The lowest BCUT2D eigenvalue weighted by Crippen LogP contribution is -2.62. The van der Waals surface area contributed by atoms with Crippen molar-refractivity contribution >= 4 is 23.6 Å². The van der Waals surface area contributed by atoms with Gasteiger partial charge in [0.15, 0.2) is 0 Å². The van der Waals surface area contributed by atoms with Crippen LogP contribution in [0.3, 0.4) is 0 Å². The smallest absolute Gasteiger partial charge is 0.318 e. The number of Topliss-reactive ketones (excluding diaryl/α,β-unsaturated/α-hetero) is 2. The zero-order chi connectivity index (χ0) is 16.3. The third kappa shape index (κ3) is 3.16. The van der Waals surface area contributed by atoms with Gasteiger partial charge in [0.05, 0.1) is 6.42 Å². The van der Waals surface area contributed by atoms with Gasteiger partial charge in [-0.15, -0.1) is 0 Å². The first-order valence-corrected chi connectivity index (χ1v) is 7.13. The van der Waals surface area contributed by atoms with Gasteiger partial charge >= 0.3 is 12.0 Å². The maximum atomic E-state index is 12.3. The Morgan fingerprint density at radius 1 is 1.41 bits per heavy atom. The number of ketones is 2. The van der Waals surface area contributed by atoms with Crippen molar-refractivity contribution in [1.82, 2.24) is 15.5 Å². The molecule has 0 aromatic rings. The minimum absolute atomic E-state index is 0.456. The van der Waals surface area contributed by atoms with Gasteiger partial charge in [0, 0.05) is 32.1 Å². The number of hydrogen-bond acceptors (Lipinski definition) is 5. The Morgan fingerprint density at radius 3 is 2.64 bits per heavy atom. The van der Waals surface area contributed by atoms with Gasteiger partial charge < -0.3 is 20.6 Å². The molecule has 120 valence electrons. The van der Waals surface area contributed by atoms with Crippen LogP contribution in [0.1, 0.15) is 13.3 Å². The number of urea groups is 1. The number of nitrogens with one attached hydrogen (secondary N) is 2. The predicted molar refractivity (Wildman–Crippen MR) is 76.3 cm³/mol. The molecule has 1 aliphatic carbocycles. The van der Waals surface area contributed by atoms with Crippen molar-refractivity contribution in [3.8, 4) is 0 Å². The fourth-order valence-electron chi connectivity index (χ4n) is 2.56. The van der Waals surface area contributed by atoms with Gasteiger partial charge in [0.25, 0.3) is 0 Å². The van der Waals surface area contributed by atoms with Crippen LogP contribution in [0.15, 0.2) is 12.2 Å². The van der Waals surface area contributed by atoms with Crippen LogP contribution in [-0.2, 0) is 14.4 Å². The van der Waals surface area contributed by atoms with Crippen molar-refractivity contribution in [1.29, 1.82) is 0 Å². The van der Waals surface area contributed by atoms with Gasteiger partial charge in [-0.3, -0.25) is 14.4 Å². The fraction of sp³-hybridized carbons (Fsp3) is 0.571. The summed E-state index contributed by atoms with van der Waals surface area (Å²) in [7, 11) is 0. The van der Waals surface area contributed by atoms with Crippen molar-refractivity contribution in [3.63, 3.8) is 0 Å². The van der Waals surface area contributed by atoms with Crippen molar-refractivity contribution in [3.05, 3.63) is 12.2 Å². The van der Waals surface area contributed by atoms with Crippen molar-refractivity contribution in [2.75, 3.05) is 26.2 Å². The quantitative estimate of drug-likeness (QED) is 0.462. The molecule has 2 amide bonds. The standard InChI is InChI=1S/C14H19N3O5/c1-9-2-3-14(8-10(18)19,12(21)11(9)20)16-13(22)17-6-4-15-5-7-17/h2-3,9,15H,4-8H2,1H3,(H,16,22)(H,18,19). The first-order chi connectivity index (χ1) is 10.4. The maximum absolute atomic E-state index is 12.3. The highest BCUT2D eigenvalue weighted by Crippen LogP contribution is 2.24. The van der Waals surface area contributed by atoms with Crippen molar-refractivity contribution < 1.29 is 24.3 Å². The summed E-state index contributed by atoms with van der Waals surface area (Å²) in [6.45, 7) is 3.71. The highest BCUT2D eigenvalue weighted by molar-refractivity contribution is 6.43. The van der Waals surface area contributed by atoms with Gasteiger partial charge in [-0.05, 0) is 0 Å². The lowest BCUT2D eigenvalue weighted by molar-refractivity contribution is -0.145. The molecule has 2 unspecified atom stereocenters. The summed E-state index contributed by atoms with van der Waals surface area (Å²) in [6, 6.07) is -0.539. The van der Waals surface area contributed by atoms with E-state index in [0.717, 1.165) is 0 Å². The highest BCUT2D eigenvalue weighted by Gasteiger charge is 2.47. The molecule has 22 heavy (non-hydrogen) atoms. The largest absolute Gasteiger partial charge is 0.481 e. The third-order valence-corrected chi connectivity index (χ3v) is 3.88. The second-order valence-electron chi connectivity index (χ2n) is 5.55. The molecular formula is C14H19N3O5. The van der Waals surface area contributed by atoms with E-state index in [2.05, 4.69) is 10.6 Å². The second-order valence-corrected chi connectivity index (χ2v) is 5.55. The number of rotatable bonds is 3. The van der Waals surface area contributed by atoms with Crippen LogP contribution in [0.4, 0.5) is 4.79 Å². The number of aliphatic carboxylic acids is 1. The van der Waals surface area contributed by atoms with E-state index in [4.69, 9.17) is 5.11 Å². The van der Waals surface area contributed by atoms with E-state index in [1.807, 2.05) is 0 Å². The van der Waals surface area contributed by atoms with Gasteiger partial charge in [-0.2, -0.15) is 0 Å². The Labute approximate surface area is 127 Å². The first-order valence-electron chi connectivity index (χ1n) is 7.13. The van der Waals surface area contributed by atoms with Crippen LogP contribution in [0, 0.1) is 5.92 Å². The number of carboxylic acids is 1. The lowest BCUT2D eigenvalue weighted by Gasteiger charge is -2.35. The summed E-state index contributed by atoms with van der Waals surface area (Å²) in [4.78, 5) is 49.1. The topological polar surface area (TPSA) is 116 Å². The molecule has 8 heteroatoms. The molecular weight excluding hydrogens is 290 g/mol. The Bertz CT molecular complexity index is 539. The van der Waals surface area contributed by atoms with Crippen LogP contribution in [-0.4, -0.2) is 65.3 Å². The minimum Gasteiger partial charge on any atom is -0.481 e. The average molecular weight is 309 g/mol. The summed E-state index contributed by atoms with van der Waals surface area (Å²) in [6.07, 6.45) is 2.14. The van der Waals surface area contributed by atoms with Crippen molar-refractivity contribution in [2.45, 2.75) is 18.9 Å². The number of amides is 2. The number of allylic oxidation sites excluding steroid dienone is 1. The molecule has 3 N–H and O–H groups in total. The number of piperazine rings is 1. The van der Waals surface area contributed by atoms with Crippen LogP contribution in [0.5, 0.6) is 0 Å². The van der Waals surface area contributed by atoms with E-state index in [0.29, 0.717) is 26.2 Å². The monoisotopic (exact) mass is 309 g/mol. The van der Waals surface area contributed by atoms with Gasteiger partial charge in [-0.25, -0.2) is 4.79 Å². The number of nitrogens with zero attached hydrogens (tertiary/aromatic N) is 1. The molecule has 8 nitrogen and oxygen atoms in total. The molecule has 2 rings (SSSR count). The van der Waals surface area contributed by atoms with Gasteiger partial charge in [0.1, 0.15) is 5.54 Å². The number of hydrogen-bond donors (Lipinski definition) is 3. The van der Waals surface area contributed by atoms with E-state index < -0.39 is 41.4 Å². The summed E-state index contributed by atoms with van der Waals surface area (Å²) in [5.74, 6) is -3.44. The predicted octanol–water partition coefficient (Wildman–Crippen LogP) is -0.841. The van der Waals surface area contributed by atoms with Crippen LogP contribution in [0.25, 0.3) is 0 Å². The van der Waals surface area contributed by atoms with E-state index >= 15 is 0 Å². The fourth-order valence-corrected chi connectivity index (χ4v) is 2.56. The van der Waals surface area contributed by atoms with Crippen LogP contribution < -0.4 is 10.6 Å². The molecule has 1 fully saturated rings. The molecule has 1 heterocycles. The van der Waals surface area contributed by atoms with E-state index in [1.54, 1.807) is 6.92 Å². The molecule has 1 saturated heterocycles. The molecule has 0 spiro atoms. The SMILES string of the molecule is CC1C=CC(CC(=O)O)(NC(=O)N2CCNCC2)C(=O)C1=O. The average Bonchev–Trinajstić information content (AvgIpc) is 2.49. The highest BCUT2D eigenvalue weighted by atomic mass is 16.4. The number of carbonyl (C=O) groups is 4. The third-order valence-electron chi connectivity index (χ3n) is 3.88. The van der Waals surface area contributed by atoms with Crippen LogP contribution in [0.2, 0.25) is 0 Å². The number of carboxylic acid groups (broad SMARTS) is 1. The summed E-state index contributed by atoms with van der Waals surface area (Å²) >= 11 is 0.